The van der Waals surface area contributed by atoms with Crippen LogP contribution in [-0.4, -0.2) is 41.9 Å². The summed E-state index contributed by atoms with van der Waals surface area (Å²) in [6.45, 7) is 8.77. The number of carbonyl (C=O) groups excluding carboxylic acids is 1. The number of carbonyl (C=O) groups is 1. The van der Waals surface area contributed by atoms with Gasteiger partial charge in [0.1, 0.15) is 11.6 Å². The van der Waals surface area contributed by atoms with Gasteiger partial charge in [-0.15, -0.1) is 0 Å². The lowest BCUT2D eigenvalue weighted by atomic mass is 10.0. The third-order valence-electron chi connectivity index (χ3n) is 4.92. The van der Waals surface area contributed by atoms with E-state index in [0.29, 0.717) is 31.7 Å². The van der Waals surface area contributed by atoms with E-state index < -0.39 is 11.6 Å². The van der Waals surface area contributed by atoms with Gasteiger partial charge in [0.05, 0.1) is 0 Å². The van der Waals surface area contributed by atoms with Crippen LogP contribution in [0.5, 0.6) is 0 Å². The Labute approximate surface area is 137 Å². The van der Waals surface area contributed by atoms with Gasteiger partial charge in [-0.2, -0.15) is 0 Å². The zero-order valence-electron chi connectivity index (χ0n) is 14.2. The monoisotopic (exact) mass is 324 g/mol. The lowest BCUT2D eigenvalue weighted by Crippen LogP contribution is -2.50. The lowest BCUT2D eigenvalue weighted by molar-refractivity contribution is -0.137. The van der Waals surface area contributed by atoms with Crippen LogP contribution < -0.4 is 0 Å². The van der Waals surface area contributed by atoms with Crippen molar-refractivity contribution in [1.29, 1.82) is 0 Å². The van der Waals surface area contributed by atoms with Crippen LogP contribution >= 0.6 is 0 Å². The van der Waals surface area contributed by atoms with Crippen LogP contribution in [0.25, 0.3) is 0 Å². The fourth-order valence-corrected chi connectivity index (χ4v) is 3.26. The second-order valence-electron chi connectivity index (χ2n) is 6.22. The zero-order chi connectivity index (χ0) is 17.0. The molecule has 0 N–H and O–H groups in total. The van der Waals surface area contributed by atoms with E-state index in [1.54, 1.807) is 0 Å². The highest BCUT2D eigenvalue weighted by molar-refractivity contribution is 5.78. The van der Waals surface area contributed by atoms with Crippen LogP contribution in [0.3, 0.4) is 0 Å². The minimum atomic E-state index is -0.556. The van der Waals surface area contributed by atoms with Crippen molar-refractivity contribution in [2.45, 2.75) is 39.7 Å². The van der Waals surface area contributed by atoms with Crippen molar-refractivity contribution in [2.75, 3.05) is 26.2 Å². The Kier molecular flexibility index (Phi) is 6.10. The highest BCUT2D eigenvalue weighted by Gasteiger charge is 2.28. The fraction of sp³-hybridized carbons (Fsp3) is 0.611. The molecule has 1 saturated heterocycles. The maximum Gasteiger partial charge on any atom is 0.225 e. The summed E-state index contributed by atoms with van der Waals surface area (Å²) < 4.78 is 27.0. The van der Waals surface area contributed by atoms with Gasteiger partial charge in [-0.3, -0.25) is 9.69 Å². The first-order valence-electron chi connectivity index (χ1n) is 8.45. The van der Waals surface area contributed by atoms with Crippen molar-refractivity contribution in [3.63, 3.8) is 0 Å². The molecule has 0 saturated carbocycles. The van der Waals surface area contributed by atoms with Crippen molar-refractivity contribution in [1.82, 2.24) is 9.80 Å². The molecule has 128 valence electrons. The summed E-state index contributed by atoms with van der Waals surface area (Å²) in [7, 11) is 0. The molecule has 1 heterocycles. The Bertz CT molecular complexity index is 538. The molecule has 1 atom stereocenters. The average Bonchev–Trinajstić information content (AvgIpc) is 2.55. The van der Waals surface area contributed by atoms with Crippen LogP contribution in [0.1, 0.15) is 45.2 Å². The molecule has 1 aromatic rings. The maximum atomic E-state index is 13.9. The van der Waals surface area contributed by atoms with Crippen LogP contribution in [0.4, 0.5) is 8.78 Å². The minimum Gasteiger partial charge on any atom is -0.340 e. The van der Waals surface area contributed by atoms with E-state index in [0.717, 1.165) is 18.9 Å². The van der Waals surface area contributed by atoms with Crippen LogP contribution in [-0.2, 0) is 4.79 Å². The quantitative estimate of drug-likeness (QED) is 0.826. The maximum absolute atomic E-state index is 13.9. The largest absolute Gasteiger partial charge is 0.340 e. The predicted octanol–water partition coefficient (Wildman–Crippen LogP) is 3.61. The Morgan fingerprint density at radius 3 is 2.26 bits per heavy atom. The highest BCUT2D eigenvalue weighted by atomic mass is 19.1. The van der Waals surface area contributed by atoms with E-state index in [2.05, 4.69) is 4.90 Å². The standard InChI is InChI=1S/C18H26F2N2O/c1-4-14(5-2)18(23)22-10-8-21(9-11-22)13(3)16-7-6-15(19)12-17(16)20/h6-7,12-14H,4-5,8-11H2,1-3H3. The van der Waals surface area contributed by atoms with Crippen molar-refractivity contribution in [2.24, 2.45) is 5.92 Å². The van der Waals surface area contributed by atoms with Crippen molar-refractivity contribution in [3.05, 3.63) is 35.4 Å². The summed E-state index contributed by atoms with van der Waals surface area (Å²) in [5, 5.41) is 0. The lowest BCUT2D eigenvalue weighted by Gasteiger charge is -2.39. The molecule has 23 heavy (non-hydrogen) atoms. The minimum absolute atomic E-state index is 0.105. The molecule has 0 bridgehead atoms. The molecule has 1 aliphatic heterocycles. The molecule has 1 fully saturated rings. The first-order valence-corrected chi connectivity index (χ1v) is 8.45. The van der Waals surface area contributed by atoms with Gasteiger partial charge in [-0.1, -0.05) is 19.9 Å². The topological polar surface area (TPSA) is 23.6 Å². The summed E-state index contributed by atoms with van der Waals surface area (Å²) in [6, 6.07) is 3.61. The smallest absolute Gasteiger partial charge is 0.225 e. The summed E-state index contributed by atoms with van der Waals surface area (Å²) in [5.74, 6) is -0.726. The number of nitrogens with zero attached hydrogens (tertiary/aromatic N) is 2. The Morgan fingerprint density at radius 1 is 1.13 bits per heavy atom. The van der Waals surface area contributed by atoms with Crippen LogP contribution in [0, 0.1) is 17.6 Å². The molecule has 0 spiro atoms. The third kappa shape index (κ3) is 4.08. The number of benzene rings is 1. The van der Waals surface area contributed by atoms with E-state index in [4.69, 9.17) is 0 Å². The molecule has 0 aromatic heterocycles. The third-order valence-corrected chi connectivity index (χ3v) is 4.92. The Balaban J connectivity index is 1.97. The number of halogens is 2. The second-order valence-corrected chi connectivity index (χ2v) is 6.22. The van der Waals surface area contributed by atoms with Gasteiger partial charge in [-0.05, 0) is 25.8 Å². The molecule has 2 rings (SSSR count). The Morgan fingerprint density at radius 2 is 1.74 bits per heavy atom. The SMILES string of the molecule is CCC(CC)C(=O)N1CCN(C(C)c2ccc(F)cc2F)CC1. The summed E-state index contributed by atoms with van der Waals surface area (Å²) in [5.41, 5.74) is 0.506. The summed E-state index contributed by atoms with van der Waals surface area (Å²) in [4.78, 5) is 16.5. The number of rotatable bonds is 5. The van der Waals surface area contributed by atoms with E-state index >= 15 is 0 Å². The molecule has 0 radical (unpaired) electrons. The number of amides is 1. The van der Waals surface area contributed by atoms with E-state index in [9.17, 15) is 13.6 Å². The van der Waals surface area contributed by atoms with E-state index in [-0.39, 0.29) is 17.9 Å². The van der Waals surface area contributed by atoms with E-state index in [1.807, 2.05) is 25.7 Å². The summed E-state index contributed by atoms with van der Waals surface area (Å²) in [6.07, 6.45) is 1.74. The first kappa shape index (κ1) is 17.9. The predicted molar refractivity (Wildman–Crippen MR) is 87.0 cm³/mol. The van der Waals surface area contributed by atoms with Gasteiger partial charge >= 0.3 is 0 Å². The van der Waals surface area contributed by atoms with Crippen LogP contribution in [0.2, 0.25) is 0 Å². The van der Waals surface area contributed by atoms with Gasteiger partial charge < -0.3 is 4.90 Å². The molecule has 5 heteroatoms. The van der Waals surface area contributed by atoms with Gasteiger partial charge in [0.2, 0.25) is 5.91 Å². The molecular formula is C18H26F2N2O. The van der Waals surface area contributed by atoms with Gasteiger partial charge in [0.25, 0.3) is 0 Å². The van der Waals surface area contributed by atoms with Crippen LogP contribution in [0.15, 0.2) is 18.2 Å². The molecular weight excluding hydrogens is 298 g/mol. The number of piperazine rings is 1. The molecule has 1 amide bonds. The highest BCUT2D eigenvalue weighted by Crippen LogP contribution is 2.25. The molecule has 0 aliphatic carbocycles. The zero-order valence-corrected chi connectivity index (χ0v) is 14.2. The normalized spacial score (nSPS) is 17.6. The first-order chi connectivity index (χ1) is 11.0. The van der Waals surface area contributed by atoms with Crippen molar-refractivity contribution >= 4 is 5.91 Å². The molecule has 1 unspecified atom stereocenters. The number of hydrogen-bond acceptors (Lipinski definition) is 2. The average molecular weight is 324 g/mol. The Hall–Kier alpha value is -1.49. The second kappa shape index (κ2) is 7.86. The molecule has 1 aliphatic rings. The van der Waals surface area contributed by atoms with Gasteiger partial charge in [0, 0.05) is 49.8 Å². The fourth-order valence-electron chi connectivity index (χ4n) is 3.26. The molecule has 1 aromatic carbocycles. The van der Waals surface area contributed by atoms with Gasteiger partial charge in [-0.25, -0.2) is 8.78 Å². The number of hydrogen-bond donors (Lipinski definition) is 0. The van der Waals surface area contributed by atoms with Crippen molar-refractivity contribution < 1.29 is 13.6 Å². The molecule has 3 nitrogen and oxygen atoms in total. The van der Waals surface area contributed by atoms with E-state index in [1.165, 1.54) is 12.1 Å². The van der Waals surface area contributed by atoms with Gasteiger partial charge in [0.15, 0.2) is 0 Å². The summed E-state index contributed by atoms with van der Waals surface area (Å²) >= 11 is 0. The van der Waals surface area contributed by atoms with Crippen molar-refractivity contribution in [3.8, 4) is 0 Å².